The first-order valence-electron chi connectivity index (χ1n) is 4.98. The van der Waals surface area contributed by atoms with Gasteiger partial charge in [0.25, 0.3) is 0 Å². The van der Waals surface area contributed by atoms with Crippen LogP contribution in [0, 0.1) is 19.3 Å². The van der Waals surface area contributed by atoms with Gasteiger partial charge in [0.1, 0.15) is 16.5 Å². The van der Waals surface area contributed by atoms with Crippen LogP contribution in [0.1, 0.15) is 16.3 Å². The number of nitrogen functional groups attached to an aromatic ring is 1. The van der Waals surface area contributed by atoms with Crippen molar-refractivity contribution in [2.45, 2.75) is 19.6 Å². The standard InChI is InChI=1S/C10H13N5S2/c1-4-5(2)17-9-7(4)8(11)14-6(15-9)3-16-10(12)13/h3H2,1-2H3,(H3,12,13)(H2,11,14,15). The van der Waals surface area contributed by atoms with Crippen LogP contribution in [0.3, 0.4) is 0 Å². The Morgan fingerprint density at radius 2 is 2.12 bits per heavy atom. The molecule has 0 amide bonds. The molecular weight excluding hydrogens is 254 g/mol. The SMILES string of the molecule is Cc1sc2nc(CSC(=N)N)nc(N)c2c1C. The maximum Gasteiger partial charge on any atom is 0.151 e. The summed E-state index contributed by atoms with van der Waals surface area (Å²) in [4.78, 5) is 10.8. The van der Waals surface area contributed by atoms with Crippen molar-refractivity contribution in [2.75, 3.05) is 5.73 Å². The number of aryl methyl sites for hydroxylation is 2. The molecule has 0 bridgehead atoms. The molecule has 0 unspecified atom stereocenters. The number of thioether (sulfide) groups is 1. The Kier molecular flexibility index (Phi) is 3.21. The molecule has 2 rings (SSSR count). The van der Waals surface area contributed by atoms with Crippen molar-refractivity contribution in [3.8, 4) is 0 Å². The highest BCUT2D eigenvalue weighted by atomic mass is 32.2. The molecule has 0 aliphatic carbocycles. The van der Waals surface area contributed by atoms with Gasteiger partial charge in [0.05, 0.1) is 11.1 Å². The Hall–Kier alpha value is -1.34. The van der Waals surface area contributed by atoms with Crippen molar-refractivity contribution < 1.29 is 0 Å². The molecule has 7 heteroatoms. The summed E-state index contributed by atoms with van der Waals surface area (Å²) >= 11 is 2.81. The van der Waals surface area contributed by atoms with E-state index in [9.17, 15) is 0 Å². The van der Waals surface area contributed by atoms with Gasteiger partial charge < -0.3 is 11.5 Å². The lowest BCUT2D eigenvalue weighted by atomic mass is 10.2. The molecule has 0 atom stereocenters. The summed E-state index contributed by atoms with van der Waals surface area (Å²) in [5.41, 5.74) is 12.4. The number of anilines is 1. The predicted molar refractivity (Wildman–Crippen MR) is 74.5 cm³/mol. The Morgan fingerprint density at radius 1 is 1.41 bits per heavy atom. The molecule has 0 saturated heterocycles. The predicted octanol–water partition coefficient (Wildman–Crippen LogP) is 2.02. The fourth-order valence-electron chi connectivity index (χ4n) is 1.53. The molecule has 0 aliphatic rings. The van der Waals surface area contributed by atoms with Crippen molar-refractivity contribution in [1.82, 2.24) is 9.97 Å². The van der Waals surface area contributed by atoms with Crippen molar-refractivity contribution in [3.05, 3.63) is 16.3 Å². The minimum absolute atomic E-state index is 0.0609. The largest absolute Gasteiger partial charge is 0.383 e. The third kappa shape index (κ3) is 2.34. The van der Waals surface area contributed by atoms with Crippen LogP contribution in [0.5, 0.6) is 0 Å². The molecule has 17 heavy (non-hydrogen) atoms. The van der Waals surface area contributed by atoms with Crippen LogP contribution in [-0.2, 0) is 5.75 Å². The fraction of sp³-hybridized carbons (Fsp3) is 0.300. The maximum absolute atomic E-state index is 7.16. The first-order valence-corrected chi connectivity index (χ1v) is 6.78. The topological polar surface area (TPSA) is 102 Å². The van der Waals surface area contributed by atoms with Crippen LogP contribution in [0.15, 0.2) is 0 Å². The number of amidine groups is 1. The first-order chi connectivity index (χ1) is 7.99. The number of nitrogens with two attached hydrogens (primary N) is 2. The van der Waals surface area contributed by atoms with Crippen LogP contribution in [0.25, 0.3) is 10.2 Å². The second-order valence-electron chi connectivity index (χ2n) is 3.64. The molecule has 0 saturated carbocycles. The summed E-state index contributed by atoms with van der Waals surface area (Å²) < 4.78 is 0. The minimum Gasteiger partial charge on any atom is -0.383 e. The molecule has 2 aromatic heterocycles. The maximum atomic E-state index is 7.16. The van der Waals surface area contributed by atoms with E-state index in [1.165, 1.54) is 16.6 Å². The van der Waals surface area contributed by atoms with E-state index in [0.717, 1.165) is 15.8 Å². The highest BCUT2D eigenvalue weighted by Gasteiger charge is 2.12. The van der Waals surface area contributed by atoms with E-state index in [-0.39, 0.29) is 5.17 Å². The Balaban J connectivity index is 2.45. The monoisotopic (exact) mass is 267 g/mol. The summed E-state index contributed by atoms with van der Waals surface area (Å²) in [6.45, 7) is 4.07. The molecule has 5 nitrogen and oxygen atoms in total. The summed E-state index contributed by atoms with van der Waals surface area (Å²) in [7, 11) is 0. The van der Waals surface area contributed by atoms with Gasteiger partial charge in [0, 0.05) is 4.88 Å². The average molecular weight is 267 g/mol. The van der Waals surface area contributed by atoms with Gasteiger partial charge in [-0.3, -0.25) is 5.41 Å². The van der Waals surface area contributed by atoms with Crippen LogP contribution in [0.2, 0.25) is 0 Å². The molecule has 2 aromatic rings. The number of hydrogen-bond acceptors (Lipinski definition) is 6. The summed E-state index contributed by atoms with van der Waals surface area (Å²) in [6.07, 6.45) is 0. The molecule has 0 fully saturated rings. The van der Waals surface area contributed by atoms with E-state index in [4.69, 9.17) is 16.9 Å². The zero-order valence-electron chi connectivity index (χ0n) is 9.57. The van der Waals surface area contributed by atoms with Crippen LogP contribution in [-0.4, -0.2) is 15.1 Å². The Morgan fingerprint density at radius 3 is 2.76 bits per heavy atom. The molecule has 90 valence electrons. The molecule has 2 heterocycles. The van der Waals surface area contributed by atoms with E-state index in [0.29, 0.717) is 17.4 Å². The summed E-state index contributed by atoms with van der Waals surface area (Å²) in [5, 5.41) is 8.16. The number of fused-ring (bicyclic) bond motifs is 1. The second kappa shape index (κ2) is 4.50. The molecule has 5 N–H and O–H groups in total. The highest BCUT2D eigenvalue weighted by molar-refractivity contribution is 8.13. The van der Waals surface area contributed by atoms with E-state index in [1.54, 1.807) is 11.3 Å². The average Bonchev–Trinajstić information content (AvgIpc) is 2.52. The van der Waals surface area contributed by atoms with Gasteiger partial charge in [-0.1, -0.05) is 11.8 Å². The van der Waals surface area contributed by atoms with Crippen molar-refractivity contribution in [3.63, 3.8) is 0 Å². The first kappa shape index (κ1) is 12.1. The van der Waals surface area contributed by atoms with Crippen LogP contribution < -0.4 is 11.5 Å². The van der Waals surface area contributed by atoms with Gasteiger partial charge in [-0.2, -0.15) is 0 Å². The van der Waals surface area contributed by atoms with Crippen molar-refractivity contribution in [1.29, 1.82) is 5.41 Å². The quantitative estimate of drug-likeness (QED) is 0.570. The summed E-state index contributed by atoms with van der Waals surface area (Å²) in [5.74, 6) is 1.61. The molecule has 0 radical (unpaired) electrons. The number of thiophene rings is 1. The third-order valence-corrected chi connectivity index (χ3v) is 4.27. The summed E-state index contributed by atoms with van der Waals surface area (Å²) in [6, 6.07) is 0. The fourth-order valence-corrected chi connectivity index (χ4v) is 3.00. The number of nitrogens with one attached hydrogen (secondary N) is 1. The zero-order chi connectivity index (χ0) is 12.6. The number of nitrogens with zero attached hydrogens (tertiary/aromatic N) is 2. The normalized spacial score (nSPS) is 10.9. The zero-order valence-corrected chi connectivity index (χ0v) is 11.2. The number of aromatic nitrogens is 2. The number of rotatable bonds is 2. The smallest absolute Gasteiger partial charge is 0.151 e. The van der Waals surface area contributed by atoms with Gasteiger partial charge in [-0.15, -0.1) is 11.3 Å². The lowest BCUT2D eigenvalue weighted by Gasteiger charge is -2.02. The van der Waals surface area contributed by atoms with Gasteiger partial charge in [0.2, 0.25) is 0 Å². The van der Waals surface area contributed by atoms with Crippen LogP contribution in [0.4, 0.5) is 5.82 Å². The van der Waals surface area contributed by atoms with Gasteiger partial charge in [-0.25, -0.2) is 9.97 Å². The molecule has 0 aromatic carbocycles. The molecular formula is C10H13N5S2. The minimum atomic E-state index is 0.0609. The van der Waals surface area contributed by atoms with Gasteiger partial charge in [0.15, 0.2) is 5.17 Å². The second-order valence-corrected chi connectivity index (χ2v) is 5.86. The van der Waals surface area contributed by atoms with Crippen molar-refractivity contribution >= 4 is 44.3 Å². The molecule has 0 aliphatic heterocycles. The third-order valence-electron chi connectivity index (χ3n) is 2.46. The van der Waals surface area contributed by atoms with E-state index in [2.05, 4.69) is 9.97 Å². The van der Waals surface area contributed by atoms with Gasteiger partial charge >= 0.3 is 0 Å². The Labute approximate surface area is 107 Å². The molecule has 0 spiro atoms. The van der Waals surface area contributed by atoms with E-state index < -0.39 is 0 Å². The lowest BCUT2D eigenvalue weighted by Crippen LogP contribution is -2.06. The number of hydrogen-bond donors (Lipinski definition) is 3. The highest BCUT2D eigenvalue weighted by Crippen LogP contribution is 2.32. The van der Waals surface area contributed by atoms with Crippen molar-refractivity contribution in [2.24, 2.45) is 5.73 Å². The van der Waals surface area contributed by atoms with Gasteiger partial charge in [-0.05, 0) is 19.4 Å². The van der Waals surface area contributed by atoms with Crippen LogP contribution >= 0.6 is 23.1 Å². The Bertz CT molecular complexity index is 590. The van der Waals surface area contributed by atoms with E-state index in [1.807, 2.05) is 13.8 Å². The lowest BCUT2D eigenvalue weighted by molar-refractivity contribution is 1.08. The van der Waals surface area contributed by atoms with E-state index >= 15 is 0 Å².